The fourth-order valence-electron chi connectivity index (χ4n) is 5.12. The van der Waals surface area contributed by atoms with Crippen molar-refractivity contribution in [3.8, 4) is 11.1 Å². The third-order valence-corrected chi connectivity index (χ3v) is 8.57. The Hall–Kier alpha value is -3.25. The molecule has 3 aromatic carbocycles. The van der Waals surface area contributed by atoms with Gasteiger partial charge in [-0.2, -0.15) is 11.8 Å². The van der Waals surface area contributed by atoms with Crippen LogP contribution < -0.4 is 10.8 Å². The molecule has 1 aliphatic heterocycles. The average Bonchev–Trinajstić information content (AvgIpc) is 3.07. The fraction of sp³-hybridized carbons (Fsp3) is 0.412. The smallest absolute Gasteiger partial charge is 0.243 e. The summed E-state index contributed by atoms with van der Waals surface area (Å²) in [5.41, 5.74) is 7.42. The number of aliphatic hydroxyl groups is 2. The van der Waals surface area contributed by atoms with Gasteiger partial charge in [0.25, 0.3) is 0 Å². The van der Waals surface area contributed by atoms with Gasteiger partial charge in [0, 0.05) is 42.9 Å². The van der Waals surface area contributed by atoms with Crippen LogP contribution in [0, 0.1) is 0 Å². The summed E-state index contributed by atoms with van der Waals surface area (Å²) in [6, 6.07) is 24.0. The molecule has 10 heteroatoms. The number of ether oxygens (including phenoxy) is 2. The Bertz CT molecular complexity index is 1340. The van der Waals surface area contributed by atoms with Gasteiger partial charge in [-0.05, 0) is 52.8 Å². The zero-order valence-electron chi connectivity index (χ0n) is 24.8. The van der Waals surface area contributed by atoms with Crippen LogP contribution in [0.2, 0.25) is 0 Å². The first-order valence-corrected chi connectivity index (χ1v) is 16.2. The largest absolute Gasteiger partial charge is 0.396 e. The van der Waals surface area contributed by atoms with Gasteiger partial charge in [-0.15, -0.1) is 0 Å². The lowest BCUT2D eigenvalue weighted by atomic mass is 9.99. The Morgan fingerprint density at radius 1 is 0.818 bits per heavy atom. The van der Waals surface area contributed by atoms with Crippen LogP contribution >= 0.6 is 11.8 Å². The van der Waals surface area contributed by atoms with Crippen LogP contribution in [0.1, 0.15) is 73.2 Å². The van der Waals surface area contributed by atoms with E-state index in [2.05, 4.69) is 17.4 Å². The molecule has 4 rings (SSSR count). The van der Waals surface area contributed by atoms with E-state index in [0.29, 0.717) is 38.0 Å². The number of benzene rings is 3. The highest BCUT2D eigenvalue weighted by Crippen LogP contribution is 2.39. The second-order valence-electron chi connectivity index (χ2n) is 10.8. The molecule has 0 aromatic heterocycles. The zero-order valence-corrected chi connectivity index (χ0v) is 25.6. The average molecular weight is 623 g/mol. The molecule has 1 heterocycles. The van der Waals surface area contributed by atoms with Crippen LogP contribution in [0.15, 0.2) is 72.8 Å². The topological polar surface area (TPSA) is 137 Å². The molecule has 1 aliphatic rings. The molecule has 0 aliphatic carbocycles. The number of hydrogen-bond acceptors (Lipinski definition) is 8. The number of carbonyl (C=O) groups excluding carboxylic acids is 2. The van der Waals surface area contributed by atoms with Crippen LogP contribution in [0.25, 0.3) is 11.1 Å². The molecule has 44 heavy (non-hydrogen) atoms. The summed E-state index contributed by atoms with van der Waals surface area (Å²) < 4.78 is 12.9. The van der Waals surface area contributed by atoms with Gasteiger partial charge in [0.15, 0.2) is 6.29 Å². The molecule has 0 spiro atoms. The van der Waals surface area contributed by atoms with E-state index in [1.165, 1.54) is 0 Å². The van der Waals surface area contributed by atoms with E-state index in [9.17, 15) is 19.8 Å². The minimum Gasteiger partial charge on any atom is -0.396 e. The van der Waals surface area contributed by atoms with E-state index in [4.69, 9.17) is 14.7 Å². The highest BCUT2D eigenvalue weighted by Gasteiger charge is 2.32. The van der Waals surface area contributed by atoms with E-state index in [1.54, 1.807) is 17.2 Å². The van der Waals surface area contributed by atoms with Crippen molar-refractivity contribution in [1.82, 2.24) is 10.8 Å². The molecule has 0 unspecified atom stereocenters. The predicted octanol–water partition coefficient (Wildman–Crippen LogP) is 5.19. The van der Waals surface area contributed by atoms with Crippen molar-refractivity contribution in [3.05, 3.63) is 95.1 Å². The normalized spacial score (nSPS) is 18.1. The first kappa shape index (κ1) is 33.6. The fourth-order valence-corrected chi connectivity index (χ4v) is 5.89. The van der Waals surface area contributed by atoms with E-state index in [-0.39, 0.29) is 37.7 Å². The van der Waals surface area contributed by atoms with Gasteiger partial charge in [0.2, 0.25) is 11.8 Å². The number of thioether (sulfide) groups is 1. The molecule has 0 bridgehead atoms. The zero-order chi connectivity index (χ0) is 31.1. The Balaban J connectivity index is 1.39. The van der Waals surface area contributed by atoms with Crippen molar-refractivity contribution < 1.29 is 34.5 Å². The number of nitrogens with one attached hydrogen (secondary N) is 2. The molecular formula is C34H42N2O7S. The first-order valence-electron chi connectivity index (χ1n) is 15.1. The predicted molar refractivity (Wildman–Crippen MR) is 170 cm³/mol. The summed E-state index contributed by atoms with van der Waals surface area (Å²) in [4.78, 5) is 23.4. The highest BCUT2D eigenvalue weighted by molar-refractivity contribution is 7.99. The summed E-state index contributed by atoms with van der Waals surface area (Å²) >= 11 is 1.66. The van der Waals surface area contributed by atoms with Gasteiger partial charge >= 0.3 is 0 Å². The monoisotopic (exact) mass is 622 g/mol. The highest BCUT2D eigenvalue weighted by atomic mass is 32.2. The van der Waals surface area contributed by atoms with Crippen molar-refractivity contribution in [2.24, 2.45) is 0 Å². The number of hydroxylamine groups is 1. The number of aliphatic hydroxyl groups excluding tert-OH is 2. The summed E-state index contributed by atoms with van der Waals surface area (Å²) in [6.45, 7) is 0.535. The number of hydrogen-bond donors (Lipinski definition) is 5. The Morgan fingerprint density at radius 2 is 1.55 bits per heavy atom. The van der Waals surface area contributed by atoms with Crippen LogP contribution in [0.4, 0.5) is 0 Å². The number of unbranched alkanes of at least 4 members (excludes halogenated alkanes) is 2. The van der Waals surface area contributed by atoms with Gasteiger partial charge in [-0.3, -0.25) is 14.8 Å². The molecule has 2 amide bonds. The molecule has 236 valence electrons. The Morgan fingerprint density at radius 3 is 2.27 bits per heavy atom. The van der Waals surface area contributed by atoms with Gasteiger partial charge in [-0.25, -0.2) is 5.48 Å². The molecule has 0 saturated carbocycles. The Kier molecular flexibility index (Phi) is 13.7. The molecule has 1 fully saturated rings. The van der Waals surface area contributed by atoms with Crippen LogP contribution in [0.5, 0.6) is 0 Å². The van der Waals surface area contributed by atoms with E-state index >= 15 is 0 Å². The maximum atomic E-state index is 12.3. The van der Waals surface area contributed by atoms with Gasteiger partial charge in [0.1, 0.15) is 0 Å². The molecular weight excluding hydrogens is 580 g/mol. The molecule has 5 N–H and O–H groups in total. The lowest BCUT2D eigenvalue weighted by molar-refractivity contribution is -0.245. The van der Waals surface area contributed by atoms with Crippen molar-refractivity contribution in [1.29, 1.82) is 0 Å². The van der Waals surface area contributed by atoms with E-state index in [0.717, 1.165) is 45.6 Å². The van der Waals surface area contributed by atoms with Crippen molar-refractivity contribution >= 4 is 23.6 Å². The minimum atomic E-state index is -0.563. The SMILES string of the molecule is O=C(CCCCCC(=O)NCc1cccc(-c2cccc([C@H]3O[C@@H](CSCCO)C[C@@H](c4ccc(CO)cc4)O3)c2)c1)NO. The lowest BCUT2D eigenvalue weighted by Gasteiger charge is -2.36. The van der Waals surface area contributed by atoms with Crippen molar-refractivity contribution in [2.45, 2.75) is 70.2 Å². The number of amides is 2. The lowest BCUT2D eigenvalue weighted by Crippen LogP contribution is -2.31. The summed E-state index contributed by atoms with van der Waals surface area (Å²) in [5, 5.41) is 30.2. The maximum absolute atomic E-state index is 12.3. The maximum Gasteiger partial charge on any atom is 0.243 e. The quantitative estimate of drug-likeness (QED) is 0.0837. The van der Waals surface area contributed by atoms with Gasteiger partial charge in [0.05, 0.1) is 25.4 Å². The number of carbonyl (C=O) groups is 2. The number of rotatable bonds is 16. The van der Waals surface area contributed by atoms with E-state index in [1.807, 2.05) is 60.7 Å². The summed E-state index contributed by atoms with van der Waals surface area (Å²) in [6.07, 6.45) is 2.58. The third-order valence-electron chi connectivity index (χ3n) is 7.50. The van der Waals surface area contributed by atoms with Gasteiger partial charge < -0.3 is 25.0 Å². The summed E-state index contributed by atoms with van der Waals surface area (Å²) in [7, 11) is 0. The second-order valence-corrected chi connectivity index (χ2v) is 12.0. The third kappa shape index (κ3) is 10.4. The molecule has 9 nitrogen and oxygen atoms in total. The minimum absolute atomic E-state index is 0.00657. The Labute approximate surface area is 262 Å². The van der Waals surface area contributed by atoms with E-state index < -0.39 is 12.2 Å². The van der Waals surface area contributed by atoms with Crippen LogP contribution in [0.3, 0.4) is 0 Å². The van der Waals surface area contributed by atoms with Crippen molar-refractivity contribution in [3.63, 3.8) is 0 Å². The molecule has 0 radical (unpaired) electrons. The molecule has 3 aromatic rings. The molecule has 1 saturated heterocycles. The van der Waals surface area contributed by atoms with Gasteiger partial charge in [-0.1, -0.05) is 67.1 Å². The molecule has 3 atom stereocenters. The van der Waals surface area contributed by atoms with Crippen LogP contribution in [-0.4, -0.2) is 51.5 Å². The van der Waals surface area contributed by atoms with Crippen molar-refractivity contribution in [2.75, 3.05) is 18.1 Å². The van der Waals surface area contributed by atoms with Crippen LogP contribution in [-0.2, 0) is 32.2 Å². The first-order chi connectivity index (χ1) is 21.5. The second kappa shape index (κ2) is 17.9. The standard InChI is InChI=1S/C34H42N2O7S/c37-16-17-44-23-30-20-31(26-14-12-24(22-38)13-15-26)43-34(42-30)29-9-5-8-28(19-29)27-7-4-6-25(18-27)21-35-32(39)10-2-1-3-11-33(40)36-41/h4-9,12-15,18-19,30-31,34,37-38,41H,1-3,10-11,16-17,20-23H2,(H,35,39)(H,36,40)/t30-,31+,34+/m1/s1. The summed E-state index contributed by atoms with van der Waals surface area (Å²) in [5.74, 6) is 0.951.